The number of hydrogen-bond acceptors (Lipinski definition) is 4. The number of rotatable bonds is 6. The first-order valence-electron chi connectivity index (χ1n) is 8.52. The summed E-state index contributed by atoms with van der Waals surface area (Å²) in [5.74, 6) is -0.338. The molecule has 2 N–H and O–H groups in total. The van der Waals surface area contributed by atoms with Crippen LogP contribution < -0.4 is 5.48 Å². The fourth-order valence-corrected chi connectivity index (χ4v) is 4.49. The van der Waals surface area contributed by atoms with Gasteiger partial charge in [0.2, 0.25) is 5.91 Å². The Balaban J connectivity index is 1.68. The summed E-state index contributed by atoms with van der Waals surface area (Å²) in [5, 5.41) is 8.88. The molecule has 0 spiro atoms. The quantitative estimate of drug-likeness (QED) is 0.610. The second kappa shape index (κ2) is 8.52. The number of benzene rings is 2. The maximum Gasteiger partial charge on any atom is 0.244 e. The number of thioether (sulfide) groups is 1. The Morgan fingerprint density at radius 3 is 2.32 bits per heavy atom. The van der Waals surface area contributed by atoms with E-state index in [1.807, 2.05) is 6.07 Å². The van der Waals surface area contributed by atoms with Crippen molar-refractivity contribution in [2.45, 2.75) is 35.3 Å². The van der Waals surface area contributed by atoms with Crippen molar-refractivity contribution in [3.8, 4) is 0 Å². The van der Waals surface area contributed by atoms with E-state index < -0.39 is 0 Å². The van der Waals surface area contributed by atoms with E-state index in [0.29, 0.717) is 19.6 Å². The van der Waals surface area contributed by atoms with Crippen LogP contribution >= 0.6 is 11.8 Å². The van der Waals surface area contributed by atoms with E-state index in [9.17, 15) is 4.79 Å². The molecule has 0 saturated carbocycles. The smallest absolute Gasteiger partial charge is 0.244 e. The Labute approximate surface area is 152 Å². The third-order valence-electron chi connectivity index (χ3n) is 4.52. The van der Waals surface area contributed by atoms with Crippen molar-refractivity contribution >= 4 is 17.7 Å². The first kappa shape index (κ1) is 18.0. The molecule has 0 atom stereocenters. The van der Waals surface area contributed by atoms with Crippen LogP contribution in [0.5, 0.6) is 0 Å². The van der Waals surface area contributed by atoms with E-state index in [4.69, 9.17) is 9.94 Å². The fraction of sp³-hybridized carbons (Fsp3) is 0.350. The van der Waals surface area contributed by atoms with Crippen LogP contribution in [0.15, 0.2) is 59.5 Å². The Morgan fingerprint density at radius 2 is 1.68 bits per heavy atom. The largest absolute Gasteiger partial charge is 0.381 e. The highest BCUT2D eigenvalue weighted by atomic mass is 32.2. The summed E-state index contributed by atoms with van der Waals surface area (Å²) in [4.78, 5) is 12.9. The lowest BCUT2D eigenvalue weighted by Gasteiger charge is -2.36. The van der Waals surface area contributed by atoms with Crippen LogP contribution in [0.3, 0.4) is 0 Å². The van der Waals surface area contributed by atoms with Gasteiger partial charge in [0.25, 0.3) is 0 Å². The minimum absolute atomic E-state index is 0.216. The molecule has 2 aromatic rings. The maximum absolute atomic E-state index is 11.7. The Bertz CT molecular complexity index is 682. The van der Waals surface area contributed by atoms with Gasteiger partial charge in [0.15, 0.2) is 0 Å². The molecule has 1 fully saturated rings. The number of carbonyl (C=O) groups excluding carboxylic acids is 1. The fourth-order valence-electron chi connectivity index (χ4n) is 3.15. The summed E-state index contributed by atoms with van der Waals surface area (Å²) in [5.41, 5.74) is 4.33. The normalized spacial score (nSPS) is 16.4. The van der Waals surface area contributed by atoms with Crippen molar-refractivity contribution in [2.75, 3.05) is 13.2 Å². The number of hydrogen-bond donors (Lipinski definition) is 2. The predicted octanol–water partition coefficient (Wildman–Crippen LogP) is 3.81. The minimum Gasteiger partial charge on any atom is -0.381 e. The van der Waals surface area contributed by atoms with Gasteiger partial charge in [-0.05, 0) is 42.5 Å². The number of nitrogens with one attached hydrogen (secondary N) is 1. The molecule has 5 heteroatoms. The molecule has 1 saturated heterocycles. The molecule has 1 aliphatic heterocycles. The van der Waals surface area contributed by atoms with Crippen molar-refractivity contribution in [3.63, 3.8) is 0 Å². The van der Waals surface area contributed by atoms with Gasteiger partial charge in [-0.15, -0.1) is 11.8 Å². The van der Waals surface area contributed by atoms with Crippen LogP contribution in [0.2, 0.25) is 0 Å². The molecule has 1 aliphatic rings. The third-order valence-corrected chi connectivity index (χ3v) is 6.01. The molecule has 25 heavy (non-hydrogen) atoms. The van der Waals surface area contributed by atoms with Gasteiger partial charge in [0.05, 0.1) is 0 Å². The summed E-state index contributed by atoms with van der Waals surface area (Å²) in [6, 6.07) is 18.9. The van der Waals surface area contributed by atoms with Crippen LogP contribution in [-0.4, -0.2) is 29.1 Å². The number of amides is 1. The maximum atomic E-state index is 11.7. The predicted molar refractivity (Wildman–Crippen MR) is 98.9 cm³/mol. The molecule has 1 amide bonds. The Kier molecular flexibility index (Phi) is 6.13. The summed E-state index contributed by atoms with van der Waals surface area (Å²) in [6.07, 6.45) is 2.81. The van der Waals surface area contributed by atoms with Crippen molar-refractivity contribution in [3.05, 3.63) is 65.7 Å². The Hall–Kier alpha value is -1.82. The number of carbonyl (C=O) groups is 1. The molecule has 0 aromatic heterocycles. The summed E-state index contributed by atoms with van der Waals surface area (Å²) < 4.78 is 5.24. The van der Waals surface area contributed by atoms with Gasteiger partial charge in [0.1, 0.15) is 0 Å². The second-order valence-corrected chi connectivity index (χ2v) is 7.96. The minimum atomic E-state index is -0.338. The molecule has 1 heterocycles. The molecule has 0 bridgehead atoms. The Morgan fingerprint density at radius 1 is 1.04 bits per heavy atom. The first-order chi connectivity index (χ1) is 12.2. The van der Waals surface area contributed by atoms with Gasteiger partial charge < -0.3 is 4.74 Å². The summed E-state index contributed by atoms with van der Waals surface area (Å²) >= 11 is 1.72. The lowest BCUT2D eigenvalue weighted by atomic mass is 9.95. The molecule has 3 rings (SSSR count). The molecule has 4 nitrogen and oxygen atoms in total. The van der Waals surface area contributed by atoms with E-state index in [1.165, 1.54) is 11.1 Å². The van der Waals surface area contributed by atoms with Crippen molar-refractivity contribution < 1.29 is 14.7 Å². The van der Waals surface area contributed by atoms with Gasteiger partial charge in [0, 0.05) is 29.3 Å². The van der Waals surface area contributed by atoms with Crippen LogP contribution in [0, 0.1) is 0 Å². The van der Waals surface area contributed by atoms with Gasteiger partial charge in [-0.2, -0.15) is 0 Å². The van der Waals surface area contributed by atoms with Crippen LogP contribution in [0.4, 0.5) is 0 Å². The van der Waals surface area contributed by atoms with E-state index in [2.05, 4.69) is 48.5 Å². The number of ether oxygens (including phenoxy) is 1. The molecule has 0 aliphatic carbocycles. The van der Waals surface area contributed by atoms with Gasteiger partial charge in [-0.3, -0.25) is 10.0 Å². The lowest BCUT2D eigenvalue weighted by molar-refractivity contribution is -0.130. The van der Waals surface area contributed by atoms with Crippen molar-refractivity contribution in [1.82, 2.24) is 5.48 Å². The molecular weight excluding hydrogens is 334 g/mol. The highest BCUT2D eigenvalue weighted by Crippen LogP contribution is 2.43. The highest BCUT2D eigenvalue weighted by molar-refractivity contribution is 8.00. The monoisotopic (exact) mass is 357 g/mol. The molecule has 0 unspecified atom stereocenters. The van der Waals surface area contributed by atoms with Crippen molar-refractivity contribution in [2.24, 2.45) is 0 Å². The van der Waals surface area contributed by atoms with Gasteiger partial charge >= 0.3 is 0 Å². The molecule has 2 aromatic carbocycles. The van der Waals surface area contributed by atoms with Gasteiger partial charge in [-0.25, -0.2) is 5.48 Å². The SMILES string of the molecule is O=C(CC1(Sc2ccc(Cc3ccccc3)cc2)CCOCC1)NO. The molecule has 0 radical (unpaired) electrons. The topological polar surface area (TPSA) is 58.6 Å². The van der Waals surface area contributed by atoms with E-state index in [0.717, 1.165) is 24.2 Å². The second-order valence-electron chi connectivity index (χ2n) is 6.42. The van der Waals surface area contributed by atoms with Crippen LogP contribution in [0.1, 0.15) is 30.4 Å². The summed E-state index contributed by atoms with van der Waals surface area (Å²) in [7, 11) is 0. The average Bonchev–Trinajstić information content (AvgIpc) is 2.65. The highest BCUT2D eigenvalue weighted by Gasteiger charge is 2.36. The van der Waals surface area contributed by atoms with Crippen LogP contribution in [0.25, 0.3) is 0 Å². The zero-order chi connectivity index (χ0) is 17.5. The molecular formula is C20H23NO3S. The van der Waals surface area contributed by atoms with Crippen LogP contribution in [-0.2, 0) is 16.0 Å². The van der Waals surface area contributed by atoms with Crippen molar-refractivity contribution in [1.29, 1.82) is 0 Å². The number of hydroxylamine groups is 1. The zero-order valence-corrected chi connectivity index (χ0v) is 14.9. The third kappa shape index (κ3) is 5.08. The average molecular weight is 357 g/mol. The van der Waals surface area contributed by atoms with E-state index >= 15 is 0 Å². The zero-order valence-electron chi connectivity index (χ0n) is 14.1. The van der Waals surface area contributed by atoms with E-state index in [-0.39, 0.29) is 10.7 Å². The summed E-state index contributed by atoms with van der Waals surface area (Å²) in [6.45, 7) is 1.30. The van der Waals surface area contributed by atoms with Gasteiger partial charge in [-0.1, -0.05) is 42.5 Å². The molecule has 132 valence electrons. The standard InChI is InChI=1S/C20H23NO3S/c22-19(21-23)15-20(10-12-24-13-11-20)25-18-8-6-17(7-9-18)14-16-4-2-1-3-5-16/h1-9,23H,10-15H2,(H,21,22). The van der Waals surface area contributed by atoms with E-state index in [1.54, 1.807) is 17.2 Å². The first-order valence-corrected chi connectivity index (χ1v) is 9.33. The lowest BCUT2D eigenvalue weighted by Crippen LogP contribution is -2.38.